The Morgan fingerprint density at radius 2 is 0.792 bits per heavy atom. The maximum Gasteiger partial charge on any atom is 0.306 e. The number of nitrogens with zero attached hydrogens (tertiary/aromatic N) is 1. The number of quaternary nitrogens is 1. The standard InChI is InChI=1S/C67H125N2O7P/c1-7-10-13-16-19-22-25-28-30-32-33-34-35-37-39-42-45-48-51-54-57-60-67(71)76-65(58-55-52-49-46-43-40-27-24-21-18-15-12-9-3)64(63-75-77(72,73)74-62-61-69(4,5)6)68-66(70)59-56-53-50-47-44-41-38-36-31-29-26-23-20-17-14-11-8-2/h19,22,28-31,33-34,55,58,64-65H,7-18,20-21,23-27,32,35-54,56-57,59-63H2,1-6H3,(H-,68,70,72,73)/b22-19-,30-28-,31-29+,34-33-,58-55+. The van der Waals surface area contributed by atoms with Crippen molar-refractivity contribution in [1.29, 1.82) is 0 Å². The first-order valence-electron chi connectivity index (χ1n) is 32.6. The van der Waals surface area contributed by atoms with E-state index in [2.05, 4.69) is 74.7 Å². The number of carbonyl (C=O) groups excluding carboxylic acids is 2. The van der Waals surface area contributed by atoms with E-state index in [1.54, 1.807) is 0 Å². The van der Waals surface area contributed by atoms with E-state index in [-0.39, 0.29) is 24.9 Å². The van der Waals surface area contributed by atoms with Crippen LogP contribution in [0.2, 0.25) is 0 Å². The van der Waals surface area contributed by atoms with E-state index in [4.69, 9.17) is 13.8 Å². The Morgan fingerprint density at radius 3 is 1.22 bits per heavy atom. The van der Waals surface area contributed by atoms with Crippen molar-refractivity contribution < 1.29 is 37.3 Å². The highest BCUT2D eigenvalue weighted by Crippen LogP contribution is 2.38. The molecule has 9 nitrogen and oxygen atoms in total. The number of esters is 1. The highest BCUT2D eigenvalue weighted by Gasteiger charge is 2.27. The summed E-state index contributed by atoms with van der Waals surface area (Å²) in [5, 5.41) is 3.03. The molecule has 0 heterocycles. The SMILES string of the molecule is CCCCC/C=C\C/C=C\C/C=C\CCCCCCCCCCC(=O)OC(/C=C/CCCCCCCCCCCCC)C(COP(=O)([O-])OCC[N+](C)(C)C)NC(=O)CCCCCCCCC/C=C/CCCCCCCC. The van der Waals surface area contributed by atoms with Gasteiger partial charge in [0.05, 0.1) is 33.8 Å². The molecule has 10 heteroatoms. The van der Waals surface area contributed by atoms with Crippen LogP contribution in [0.5, 0.6) is 0 Å². The number of rotatable bonds is 59. The summed E-state index contributed by atoms with van der Waals surface area (Å²) in [4.78, 5) is 40.1. The first-order valence-corrected chi connectivity index (χ1v) is 34.1. The zero-order valence-electron chi connectivity index (χ0n) is 51.4. The average Bonchev–Trinajstić information content (AvgIpc) is 3.39. The lowest BCUT2D eigenvalue weighted by molar-refractivity contribution is -0.870. The fourth-order valence-electron chi connectivity index (χ4n) is 9.35. The summed E-state index contributed by atoms with van der Waals surface area (Å²) < 4.78 is 30.4. The van der Waals surface area contributed by atoms with Gasteiger partial charge in [0.2, 0.25) is 5.91 Å². The second kappa shape index (κ2) is 57.0. The van der Waals surface area contributed by atoms with Crippen LogP contribution in [0.3, 0.4) is 0 Å². The van der Waals surface area contributed by atoms with Gasteiger partial charge in [0, 0.05) is 12.8 Å². The van der Waals surface area contributed by atoms with Crippen LogP contribution in [0, 0.1) is 0 Å². The Hall–Kier alpha value is -2.29. The summed E-state index contributed by atoms with van der Waals surface area (Å²) in [5.41, 5.74) is 0. The van der Waals surface area contributed by atoms with E-state index in [1.807, 2.05) is 33.3 Å². The average molecular weight is 1100 g/mol. The molecule has 0 aliphatic carbocycles. The van der Waals surface area contributed by atoms with E-state index >= 15 is 0 Å². The third kappa shape index (κ3) is 58.2. The van der Waals surface area contributed by atoms with Gasteiger partial charge in [-0.1, -0.05) is 255 Å². The summed E-state index contributed by atoms with van der Waals surface area (Å²) >= 11 is 0. The van der Waals surface area contributed by atoms with Crippen LogP contribution < -0.4 is 10.2 Å². The zero-order chi connectivity index (χ0) is 56.4. The van der Waals surface area contributed by atoms with E-state index in [0.717, 1.165) is 96.3 Å². The summed E-state index contributed by atoms with van der Waals surface area (Å²) in [6, 6.07) is -0.895. The number of phosphoric ester groups is 1. The van der Waals surface area contributed by atoms with Gasteiger partial charge in [0.25, 0.3) is 7.82 Å². The molecule has 0 aliphatic rings. The van der Waals surface area contributed by atoms with Gasteiger partial charge >= 0.3 is 5.97 Å². The molecule has 0 aromatic rings. The van der Waals surface area contributed by atoms with Gasteiger partial charge in [-0.2, -0.15) is 0 Å². The van der Waals surface area contributed by atoms with Crippen LogP contribution in [0.1, 0.15) is 303 Å². The van der Waals surface area contributed by atoms with Crippen molar-refractivity contribution in [3.05, 3.63) is 60.8 Å². The number of hydrogen-bond donors (Lipinski definition) is 1. The van der Waals surface area contributed by atoms with Crippen LogP contribution >= 0.6 is 7.82 Å². The van der Waals surface area contributed by atoms with Gasteiger partial charge in [0.15, 0.2) is 0 Å². The Labute approximate surface area is 477 Å². The number of amides is 1. The molecule has 0 fully saturated rings. The highest BCUT2D eigenvalue weighted by molar-refractivity contribution is 7.45. The molecule has 0 radical (unpaired) electrons. The molecule has 1 N–H and O–H groups in total. The molecule has 0 aromatic carbocycles. The van der Waals surface area contributed by atoms with Crippen LogP contribution in [0.25, 0.3) is 0 Å². The summed E-state index contributed by atoms with van der Waals surface area (Å²) in [5.74, 6) is -0.547. The first kappa shape index (κ1) is 74.7. The maximum absolute atomic E-state index is 13.5. The number of allylic oxidation sites excluding steroid dienone is 9. The van der Waals surface area contributed by atoms with Crippen molar-refractivity contribution in [3.63, 3.8) is 0 Å². The number of carbonyl (C=O) groups is 2. The van der Waals surface area contributed by atoms with E-state index < -0.39 is 26.6 Å². The fourth-order valence-corrected chi connectivity index (χ4v) is 10.1. The Bertz CT molecular complexity index is 1500. The molecule has 0 bridgehead atoms. The van der Waals surface area contributed by atoms with Gasteiger partial charge in [-0.15, -0.1) is 0 Å². The number of ether oxygens (including phenoxy) is 1. The third-order valence-electron chi connectivity index (χ3n) is 14.4. The van der Waals surface area contributed by atoms with Crippen molar-refractivity contribution in [1.82, 2.24) is 5.32 Å². The highest BCUT2D eigenvalue weighted by atomic mass is 31.2. The molecule has 0 rings (SSSR count). The van der Waals surface area contributed by atoms with Crippen molar-refractivity contribution in [2.75, 3.05) is 40.9 Å². The van der Waals surface area contributed by atoms with Crippen LogP contribution in [0.15, 0.2) is 60.8 Å². The van der Waals surface area contributed by atoms with E-state index in [1.165, 1.54) is 173 Å². The number of nitrogens with one attached hydrogen (secondary N) is 1. The lowest BCUT2D eigenvalue weighted by atomic mass is 10.0. The first-order chi connectivity index (χ1) is 37.4. The summed E-state index contributed by atoms with van der Waals surface area (Å²) in [7, 11) is 1.18. The molecule has 77 heavy (non-hydrogen) atoms. The molecule has 450 valence electrons. The van der Waals surface area contributed by atoms with Crippen molar-refractivity contribution in [2.45, 2.75) is 315 Å². The van der Waals surface area contributed by atoms with Crippen LogP contribution in [0.4, 0.5) is 0 Å². The van der Waals surface area contributed by atoms with Gasteiger partial charge in [-0.3, -0.25) is 14.2 Å². The van der Waals surface area contributed by atoms with Crippen molar-refractivity contribution >= 4 is 19.7 Å². The lowest BCUT2D eigenvalue weighted by Gasteiger charge is -2.30. The maximum atomic E-state index is 13.5. The number of unbranched alkanes of at least 4 members (excludes halogenated alkanes) is 35. The quantitative estimate of drug-likeness (QED) is 0.0212. The zero-order valence-corrected chi connectivity index (χ0v) is 52.3. The third-order valence-corrected chi connectivity index (χ3v) is 15.4. The molecule has 0 saturated heterocycles. The van der Waals surface area contributed by atoms with E-state index in [0.29, 0.717) is 17.4 Å². The largest absolute Gasteiger partial charge is 0.756 e. The molecule has 1 amide bonds. The second-order valence-corrected chi connectivity index (χ2v) is 24.7. The number of phosphoric acid groups is 1. The topological polar surface area (TPSA) is 114 Å². The Balaban J connectivity index is 5.25. The minimum Gasteiger partial charge on any atom is -0.756 e. The predicted molar refractivity (Wildman–Crippen MR) is 330 cm³/mol. The minimum atomic E-state index is -4.70. The number of hydrogen-bond acceptors (Lipinski definition) is 7. The minimum absolute atomic E-state index is 0.0250. The smallest absolute Gasteiger partial charge is 0.306 e. The molecule has 0 aromatic heterocycles. The summed E-state index contributed by atoms with van der Waals surface area (Å²) in [6.07, 6.45) is 71.8. The molecule has 0 aliphatic heterocycles. The second-order valence-electron chi connectivity index (χ2n) is 23.3. The van der Waals surface area contributed by atoms with Crippen LogP contribution in [-0.4, -0.2) is 69.4 Å². The van der Waals surface area contributed by atoms with Gasteiger partial charge in [-0.05, 0) is 96.0 Å². The van der Waals surface area contributed by atoms with Crippen molar-refractivity contribution in [3.8, 4) is 0 Å². The normalized spacial score (nSPS) is 14.0. The molecule has 0 saturated carbocycles. The molecule has 3 unspecified atom stereocenters. The van der Waals surface area contributed by atoms with Gasteiger partial charge in [0.1, 0.15) is 19.3 Å². The predicted octanol–water partition coefficient (Wildman–Crippen LogP) is 19.6. The van der Waals surface area contributed by atoms with E-state index in [9.17, 15) is 19.0 Å². The summed E-state index contributed by atoms with van der Waals surface area (Å²) in [6.45, 7) is 6.83. The molecule has 0 spiro atoms. The molecular formula is C67H125N2O7P. The lowest BCUT2D eigenvalue weighted by Crippen LogP contribution is -2.47. The fraction of sp³-hybridized carbons (Fsp3) is 0.821. The van der Waals surface area contributed by atoms with Crippen LogP contribution in [-0.2, 0) is 27.9 Å². The molecular weight excluding hydrogens is 976 g/mol. The van der Waals surface area contributed by atoms with Crippen molar-refractivity contribution in [2.24, 2.45) is 0 Å². The Kier molecular flexibility index (Phi) is 55.3. The Morgan fingerprint density at radius 1 is 0.455 bits per heavy atom. The molecule has 3 atom stereocenters. The van der Waals surface area contributed by atoms with Gasteiger partial charge < -0.3 is 28.5 Å². The monoisotopic (exact) mass is 1100 g/mol. The number of likely N-dealkylation sites (N-methyl/N-ethyl adjacent to an activating group) is 1. The van der Waals surface area contributed by atoms with Gasteiger partial charge in [-0.25, -0.2) is 0 Å².